The van der Waals surface area contributed by atoms with E-state index in [2.05, 4.69) is 10.3 Å². The highest BCUT2D eigenvalue weighted by Crippen LogP contribution is 2.27. The van der Waals surface area contributed by atoms with Gasteiger partial charge in [-0.15, -0.1) is 0 Å². The first-order chi connectivity index (χ1) is 7.45. The lowest BCUT2D eigenvalue weighted by atomic mass is 10.0. The van der Waals surface area contributed by atoms with E-state index >= 15 is 0 Å². The van der Waals surface area contributed by atoms with Crippen molar-refractivity contribution < 1.29 is 4.42 Å². The van der Waals surface area contributed by atoms with E-state index in [0.29, 0.717) is 0 Å². The summed E-state index contributed by atoms with van der Waals surface area (Å²) in [5, 5.41) is 3.42. The molecule has 76 valence electrons. The molecule has 3 rings (SSSR count). The molecule has 1 unspecified atom stereocenters. The number of hydrogen-bond acceptors (Lipinski definition) is 3. The Bertz CT molecular complexity index is 450. The Morgan fingerprint density at radius 3 is 3.20 bits per heavy atom. The van der Waals surface area contributed by atoms with Gasteiger partial charge in [-0.1, -0.05) is 6.07 Å². The van der Waals surface area contributed by atoms with Crippen molar-refractivity contribution >= 4 is 0 Å². The molecule has 3 heteroatoms. The number of furan rings is 1. The lowest BCUT2D eigenvalue weighted by Crippen LogP contribution is -2.30. The van der Waals surface area contributed by atoms with Crippen LogP contribution in [0.5, 0.6) is 0 Å². The molecule has 1 aliphatic rings. The highest BCUT2D eigenvalue weighted by molar-refractivity contribution is 5.30. The van der Waals surface area contributed by atoms with Crippen molar-refractivity contribution in [3.8, 4) is 0 Å². The van der Waals surface area contributed by atoms with Crippen LogP contribution in [0.25, 0.3) is 0 Å². The average molecular weight is 200 g/mol. The minimum Gasteiger partial charge on any atom is -0.467 e. The molecule has 0 spiro atoms. The fraction of sp³-hybridized carbons (Fsp3) is 0.250. The number of nitrogens with zero attached hydrogens (tertiary/aromatic N) is 1. The maximum Gasteiger partial charge on any atom is 0.130 e. The molecule has 2 aromatic rings. The Labute approximate surface area is 88.1 Å². The molecular formula is C12H12N2O. The zero-order valence-electron chi connectivity index (χ0n) is 8.31. The second-order valence-electron chi connectivity index (χ2n) is 3.70. The zero-order valence-corrected chi connectivity index (χ0v) is 8.31. The number of hydrogen-bond donors (Lipinski definition) is 1. The predicted molar refractivity (Wildman–Crippen MR) is 56.5 cm³/mol. The van der Waals surface area contributed by atoms with Gasteiger partial charge in [-0.25, -0.2) is 0 Å². The SMILES string of the molecule is c1ccc(C2NCCc3ccoc32)nc1. The van der Waals surface area contributed by atoms with E-state index in [1.165, 1.54) is 5.56 Å². The molecule has 15 heavy (non-hydrogen) atoms. The molecule has 0 amide bonds. The van der Waals surface area contributed by atoms with Crippen LogP contribution in [-0.4, -0.2) is 11.5 Å². The van der Waals surface area contributed by atoms with Crippen LogP contribution < -0.4 is 5.32 Å². The largest absolute Gasteiger partial charge is 0.467 e. The minimum atomic E-state index is 0.116. The predicted octanol–water partition coefficient (Wildman–Crippen LogP) is 1.91. The Morgan fingerprint density at radius 2 is 2.33 bits per heavy atom. The van der Waals surface area contributed by atoms with Gasteiger partial charge >= 0.3 is 0 Å². The number of pyridine rings is 1. The minimum absolute atomic E-state index is 0.116. The summed E-state index contributed by atoms with van der Waals surface area (Å²) >= 11 is 0. The van der Waals surface area contributed by atoms with Crippen LogP contribution >= 0.6 is 0 Å². The van der Waals surface area contributed by atoms with Crippen molar-refractivity contribution in [2.45, 2.75) is 12.5 Å². The molecule has 0 saturated carbocycles. The van der Waals surface area contributed by atoms with Crippen molar-refractivity contribution in [2.75, 3.05) is 6.54 Å². The van der Waals surface area contributed by atoms with Gasteiger partial charge in [0.25, 0.3) is 0 Å². The molecule has 3 nitrogen and oxygen atoms in total. The first-order valence-corrected chi connectivity index (χ1v) is 5.16. The Hall–Kier alpha value is -1.61. The van der Waals surface area contributed by atoms with Crippen LogP contribution in [-0.2, 0) is 6.42 Å². The third-order valence-electron chi connectivity index (χ3n) is 2.77. The van der Waals surface area contributed by atoms with E-state index in [1.54, 1.807) is 6.26 Å². The topological polar surface area (TPSA) is 38.1 Å². The number of rotatable bonds is 1. The molecule has 1 aliphatic heterocycles. The lowest BCUT2D eigenvalue weighted by Gasteiger charge is -2.22. The summed E-state index contributed by atoms with van der Waals surface area (Å²) < 4.78 is 5.52. The lowest BCUT2D eigenvalue weighted by molar-refractivity contribution is 0.420. The van der Waals surface area contributed by atoms with Gasteiger partial charge < -0.3 is 9.73 Å². The summed E-state index contributed by atoms with van der Waals surface area (Å²) in [4.78, 5) is 4.36. The molecule has 2 aromatic heterocycles. The Morgan fingerprint density at radius 1 is 1.33 bits per heavy atom. The summed E-state index contributed by atoms with van der Waals surface area (Å²) in [6, 6.07) is 8.11. The van der Waals surface area contributed by atoms with Crippen LogP contribution in [0.2, 0.25) is 0 Å². The molecule has 0 aromatic carbocycles. The first kappa shape index (κ1) is 8.68. The van der Waals surface area contributed by atoms with Gasteiger partial charge in [0, 0.05) is 12.7 Å². The van der Waals surface area contributed by atoms with E-state index in [-0.39, 0.29) is 6.04 Å². The van der Waals surface area contributed by atoms with Crippen LogP contribution in [0.4, 0.5) is 0 Å². The molecule has 1 atom stereocenters. The zero-order chi connectivity index (χ0) is 10.1. The van der Waals surface area contributed by atoms with E-state index < -0.39 is 0 Å². The molecule has 0 radical (unpaired) electrons. The van der Waals surface area contributed by atoms with E-state index in [1.807, 2.05) is 30.5 Å². The van der Waals surface area contributed by atoms with Gasteiger partial charge in [-0.2, -0.15) is 0 Å². The number of aromatic nitrogens is 1. The second kappa shape index (κ2) is 3.51. The molecule has 0 saturated heterocycles. The summed E-state index contributed by atoms with van der Waals surface area (Å²) in [7, 11) is 0. The van der Waals surface area contributed by atoms with Crippen LogP contribution in [0.3, 0.4) is 0 Å². The van der Waals surface area contributed by atoms with Crippen LogP contribution in [0.15, 0.2) is 41.1 Å². The van der Waals surface area contributed by atoms with Crippen molar-refractivity contribution in [1.82, 2.24) is 10.3 Å². The van der Waals surface area contributed by atoms with Gasteiger partial charge in [0.2, 0.25) is 0 Å². The van der Waals surface area contributed by atoms with Gasteiger partial charge in [-0.05, 0) is 30.2 Å². The Balaban J connectivity index is 2.03. The summed E-state index contributed by atoms with van der Waals surface area (Å²) in [5.74, 6) is 1.01. The van der Waals surface area contributed by atoms with Gasteiger partial charge in [0.15, 0.2) is 0 Å². The average Bonchev–Trinajstić information content (AvgIpc) is 2.78. The molecule has 0 bridgehead atoms. The molecule has 1 N–H and O–H groups in total. The van der Waals surface area contributed by atoms with E-state index in [4.69, 9.17) is 4.42 Å². The van der Waals surface area contributed by atoms with Crippen molar-refractivity contribution in [3.05, 3.63) is 53.7 Å². The van der Waals surface area contributed by atoms with Crippen molar-refractivity contribution in [2.24, 2.45) is 0 Å². The fourth-order valence-electron chi connectivity index (χ4n) is 2.04. The smallest absolute Gasteiger partial charge is 0.130 e. The normalized spacial score (nSPS) is 19.9. The first-order valence-electron chi connectivity index (χ1n) is 5.16. The quantitative estimate of drug-likeness (QED) is 0.764. The monoisotopic (exact) mass is 200 g/mol. The van der Waals surface area contributed by atoms with Crippen LogP contribution in [0, 0.1) is 0 Å². The Kier molecular flexibility index (Phi) is 2.03. The highest BCUT2D eigenvalue weighted by atomic mass is 16.3. The maximum absolute atomic E-state index is 5.52. The standard InChI is InChI=1S/C12H12N2O/c1-2-6-13-10(3-1)11-12-9(4-7-14-11)5-8-15-12/h1-3,5-6,8,11,14H,4,7H2. The molecule has 0 aliphatic carbocycles. The van der Waals surface area contributed by atoms with Crippen molar-refractivity contribution in [3.63, 3.8) is 0 Å². The molecular weight excluding hydrogens is 188 g/mol. The van der Waals surface area contributed by atoms with Gasteiger partial charge in [0.05, 0.1) is 12.0 Å². The van der Waals surface area contributed by atoms with E-state index in [0.717, 1.165) is 24.4 Å². The third-order valence-corrected chi connectivity index (χ3v) is 2.77. The number of nitrogens with one attached hydrogen (secondary N) is 1. The van der Waals surface area contributed by atoms with Gasteiger partial charge in [0.1, 0.15) is 11.8 Å². The molecule has 3 heterocycles. The van der Waals surface area contributed by atoms with E-state index in [9.17, 15) is 0 Å². The maximum atomic E-state index is 5.52. The third kappa shape index (κ3) is 1.45. The van der Waals surface area contributed by atoms with Crippen molar-refractivity contribution in [1.29, 1.82) is 0 Å². The molecule has 0 fully saturated rings. The summed E-state index contributed by atoms with van der Waals surface area (Å²) in [5.41, 5.74) is 2.32. The fourth-order valence-corrected chi connectivity index (χ4v) is 2.04. The van der Waals surface area contributed by atoms with Crippen LogP contribution in [0.1, 0.15) is 23.1 Å². The highest BCUT2D eigenvalue weighted by Gasteiger charge is 2.24. The van der Waals surface area contributed by atoms with Gasteiger partial charge in [-0.3, -0.25) is 4.98 Å². The summed E-state index contributed by atoms with van der Waals surface area (Å²) in [6.07, 6.45) is 4.61. The number of fused-ring (bicyclic) bond motifs is 1. The second-order valence-corrected chi connectivity index (χ2v) is 3.70. The summed E-state index contributed by atoms with van der Waals surface area (Å²) in [6.45, 7) is 0.980.